The minimum absolute atomic E-state index is 0.0542. The van der Waals surface area contributed by atoms with Gasteiger partial charge in [0.25, 0.3) is 0 Å². The van der Waals surface area contributed by atoms with E-state index in [2.05, 4.69) is 17.4 Å². The van der Waals surface area contributed by atoms with Gasteiger partial charge in [0.15, 0.2) is 11.5 Å². The zero-order chi connectivity index (χ0) is 20.9. The van der Waals surface area contributed by atoms with Gasteiger partial charge in [-0.1, -0.05) is 31.2 Å². The molecular formula is C23H27N3O4. The fourth-order valence-electron chi connectivity index (χ4n) is 3.80. The molecule has 7 nitrogen and oxygen atoms in total. The van der Waals surface area contributed by atoms with Gasteiger partial charge in [-0.3, -0.25) is 14.5 Å². The molecule has 0 atom stereocenters. The zero-order valence-electron chi connectivity index (χ0n) is 17.2. The van der Waals surface area contributed by atoms with Crippen molar-refractivity contribution in [1.82, 2.24) is 9.80 Å². The first kappa shape index (κ1) is 20.2. The predicted octanol–water partition coefficient (Wildman–Crippen LogP) is 2.30. The van der Waals surface area contributed by atoms with E-state index in [9.17, 15) is 9.59 Å². The van der Waals surface area contributed by atoms with Gasteiger partial charge >= 0.3 is 0 Å². The third-order valence-corrected chi connectivity index (χ3v) is 5.48. The molecule has 0 aromatic heterocycles. The van der Waals surface area contributed by atoms with Gasteiger partial charge in [-0.25, -0.2) is 0 Å². The second-order valence-corrected chi connectivity index (χ2v) is 7.54. The van der Waals surface area contributed by atoms with Gasteiger partial charge in [0.1, 0.15) is 13.2 Å². The summed E-state index contributed by atoms with van der Waals surface area (Å²) in [5.41, 5.74) is 3.17. The minimum Gasteiger partial charge on any atom is -0.486 e. The van der Waals surface area contributed by atoms with Gasteiger partial charge in [0, 0.05) is 24.8 Å². The van der Waals surface area contributed by atoms with Crippen molar-refractivity contribution < 1.29 is 19.1 Å². The molecule has 0 bridgehead atoms. The Morgan fingerprint density at radius 3 is 2.60 bits per heavy atom. The maximum atomic E-state index is 12.8. The van der Waals surface area contributed by atoms with Crippen LogP contribution < -0.4 is 14.8 Å². The third-order valence-electron chi connectivity index (χ3n) is 5.48. The average Bonchev–Trinajstić information content (AvgIpc) is 2.78. The highest BCUT2D eigenvalue weighted by Crippen LogP contribution is 2.32. The molecule has 0 saturated heterocycles. The maximum Gasteiger partial charge on any atom is 0.238 e. The van der Waals surface area contributed by atoms with Crippen LogP contribution in [0.2, 0.25) is 0 Å². The Bertz CT molecular complexity index is 930. The van der Waals surface area contributed by atoms with Crippen LogP contribution in [0.1, 0.15) is 18.1 Å². The van der Waals surface area contributed by atoms with E-state index in [0.717, 1.165) is 13.0 Å². The number of benzene rings is 2. The Labute approximate surface area is 176 Å². The number of hydrogen-bond acceptors (Lipinski definition) is 5. The summed E-state index contributed by atoms with van der Waals surface area (Å²) in [6.07, 6.45) is 0.874. The number of amides is 2. The van der Waals surface area contributed by atoms with Crippen LogP contribution >= 0.6 is 0 Å². The summed E-state index contributed by atoms with van der Waals surface area (Å²) < 4.78 is 11.1. The number of carbonyl (C=O) groups is 2. The number of nitrogens with zero attached hydrogens (tertiary/aromatic N) is 2. The molecule has 0 unspecified atom stereocenters. The number of nitrogens with one attached hydrogen (secondary N) is 1. The van der Waals surface area contributed by atoms with Gasteiger partial charge in [-0.2, -0.15) is 0 Å². The Hall–Kier alpha value is -3.06. The molecule has 0 aliphatic carbocycles. The van der Waals surface area contributed by atoms with Crippen molar-refractivity contribution in [3.05, 3.63) is 53.6 Å². The highest BCUT2D eigenvalue weighted by molar-refractivity contribution is 5.93. The lowest BCUT2D eigenvalue weighted by atomic mass is 10.00. The number of rotatable bonds is 6. The van der Waals surface area contributed by atoms with Gasteiger partial charge < -0.3 is 19.7 Å². The lowest BCUT2D eigenvalue weighted by Gasteiger charge is -2.31. The van der Waals surface area contributed by atoms with Crippen LogP contribution in [0.5, 0.6) is 11.5 Å². The summed E-state index contributed by atoms with van der Waals surface area (Å²) in [5.74, 6) is 1.21. The van der Waals surface area contributed by atoms with Crippen molar-refractivity contribution in [2.75, 3.05) is 44.7 Å². The van der Waals surface area contributed by atoms with Crippen molar-refractivity contribution >= 4 is 17.5 Å². The first-order valence-electron chi connectivity index (χ1n) is 10.4. The predicted molar refractivity (Wildman–Crippen MR) is 114 cm³/mol. The van der Waals surface area contributed by atoms with E-state index in [0.29, 0.717) is 43.5 Å². The van der Waals surface area contributed by atoms with E-state index in [-0.39, 0.29) is 24.9 Å². The van der Waals surface area contributed by atoms with E-state index in [1.807, 2.05) is 28.9 Å². The molecule has 2 aliphatic rings. The monoisotopic (exact) mass is 409 g/mol. The molecule has 2 heterocycles. The van der Waals surface area contributed by atoms with E-state index in [1.54, 1.807) is 18.2 Å². The lowest BCUT2D eigenvalue weighted by Crippen LogP contribution is -2.44. The smallest absolute Gasteiger partial charge is 0.238 e. The summed E-state index contributed by atoms with van der Waals surface area (Å²) in [6.45, 7) is 5.33. The largest absolute Gasteiger partial charge is 0.486 e. The van der Waals surface area contributed by atoms with Crippen LogP contribution in [0.15, 0.2) is 42.5 Å². The molecule has 0 saturated carbocycles. The quantitative estimate of drug-likeness (QED) is 0.793. The second-order valence-electron chi connectivity index (χ2n) is 7.54. The molecule has 2 aromatic rings. The van der Waals surface area contributed by atoms with Crippen molar-refractivity contribution in [1.29, 1.82) is 0 Å². The summed E-state index contributed by atoms with van der Waals surface area (Å²) in [7, 11) is 0. The molecule has 1 N–H and O–H groups in total. The lowest BCUT2D eigenvalue weighted by molar-refractivity contribution is -0.133. The molecule has 0 radical (unpaired) electrons. The average molecular weight is 409 g/mol. The number of likely N-dealkylation sites (N-methyl/N-ethyl adjacent to an activating group) is 1. The van der Waals surface area contributed by atoms with Crippen LogP contribution in [0.25, 0.3) is 0 Å². The van der Waals surface area contributed by atoms with Crippen LogP contribution in [0, 0.1) is 0 Å². The standard InChI is InChI=1S/C23H27N3O4/c1-2-25(16-23(28)26-10-9-17-5-3-4-6-18(17)14-26)15-22(27)24-19-7-8-20-21(13-19)30-12-11-29-20/h3-8,13H,2,9-12,14-16H2,1H3,(H,24,27). The molecule has 158 valence electrons. The first-order chi connectivity index (χ1) is 14.6. The number of fused-ring (bicyclic) bond motifs is 2. The highest BCUT2D eigenvalue weighted by atomic mass is 16.6. The van der Waals surface area contributed by atoms with Crippen LogP contribution in [0.3, 0.4) is 0 Å². The zero-order valence-corrected chi connectivity index (χ0v) is 17.2. The van der Waals surface area contributed by atoms with Crippen molar-refractivity contribution in [2.45, 2.75) is 19.9 Å². The van der Waals surface area contributed by atoms with Gasteiger partial charge in [0.2, 0.25) is 11.8 Å². The summed E-state index contributed by atoms with van der Waals surface area (Å²) >= 11 is 0. The van der Waals surface area contributed by atoms with Crippen molar-refractivity contribution in [3.8, 4) is 11.5 Å². The fourth-order valence-corrected chi connectivity index (χ4v) is 3.80. The van der Waals surface area contributed by atoms with Crippen molar-refractivity contribution in [3.63, 3.8) is 0 Å². The summed E-state index contributed by atoms with van der Waals surface area (Å²) in [4.78, 5) is 29.1. The molecule has 2 aliphatic heterocycles. The Morgan fingerprint density at radius 2 is 1.80 bits per heavy atom. The molecule has 2 aromatic carbocycles. The first-order valence-corrected chi connectivity index (χ1v) is 10.4. The van der Waals surface area contributed by atoms with Crippen LogP contribution in [-0.4, -0.2) is 61.0 Å². The normalized spacial score (nSPS) is 14.9. The molecule has 30 heavy (non-hydrogen) atoms. The summed E-state index contributed by atoms with van der Waals surface area (Å²) in [5, 5.41) is 2.88. The molecule has 0 spiro atoms. The second kappa shape index (κ2) is 9.17. The number of carbonyl (C=O) groups excluding carboxylic acids is 2. The van der Waals surface area contributed by atoms with Gasteiger partial charge in [0.05, 0.1) is 13.1 Å². The van der Waals surface area contributed by atoms with Crippen LogP contribution in [0.4, 0.5) is 5.69 Å². The SMILES string of the molecule is CCN(CC(=O)Nc1ccc2c(c1)OCCO2)CC(=O)N1CCc2ccccc2C1. The van der Waals surface area contributed by atoms with Gasteiger partial charge in [-0.05, 0) is 36.2 Å². The minimum atomic E-state index is -0.162. The van der Waals surface area contributed by atoms with E-state index in [1.165, 1.54) is 11.1 Å². The van der Waals surface area contributed by atoms with Crippen molar-refractivity contribution in [2.24, 2.45) is 0 Å². The summed E-state index contributed by atoms with van der Waals surface area (Å²) in [6, 6.07) is 13.6. The molecule has 7 heteroatoms. The fraction of sp³-hybridized carbons (Fsp3) is 0.391. The number of anilines is 1. The molecule has 0 fully saturated rings. The number of ether oxygens (including phenoxy) is 2. The highest BCUT2D eigenvalue weighted by Gasteiger charge is 2.23. The molecule has 4 rings (SSSR count). The van der Waals surface area contributed by atoms with E-state index >= 15 is 0 Å². The molecular weight excluding hydrogens is 382 g/mol. The van der Waals surface area contributed by atoms with E-state index in [4.69, 9.17) is 9.47 Å². The van der Waals surface area contributed by atoms with Crippen LogP contribution in [-0.2, 0) is 22.6 Å². The topological polar surface area (TPSA) is 71.1 Å². The third kappa shape index (κ3) is 4.74. The maximum absolute atomic E-state index is 12.8. The Balaban J connectivity index is 1.31. The molecule has 2 amide bonds. The Morgan fingerprint density at radius 1 is 1.03 bits per heavy atom. The van der Waals surface area contributed by atoms with E-state index < -0.39 is 0 Å². The number of hydrogen-bond donors (Lipinski definition) is 1. The Kier molecular flexibility index (Phi) is 6.18. The van der Waals surface area contributed by atoms with Gasteiger partial charge in [-0.15, -0.1) is 0 Å².